The lowest BCUT2D eigenvalue weighted by molar-refractivity contribution is 0.218. The summed E-state index contributed by atoms with van der Waals surface area (Å²) in [6, 6.07) is -0.144. The largest absolute Gasteiger partial charge is 0.352 e. The molecule has 0 atom stereocenters. The second-order valence-corrected chi connectivity index (χ2v) is 4.79. The van der Waals surface area contributed by atoms with Gasteiger partial charge in [0.05, 0.1) is 0 Å². The molecule has 0 aliphatic heterocycles. The van der Waals surface area contributed by atoms with Gasteiger partial charge in [-0.3, -0.25) is 0 Å². The van der Waals surface area contributed by atoms with Crippen molar-refractivity contribution < 1.29 is 4.79 Å². The fourth-order valence-electron chi connectivity index (χ4n) is 1.57. The predicted octanol–water partition coefficient (Wildman–Crippen LogP) is 1.05. The van der Waals surface area contributed by atoms with Gasteiger partial charge in [0.1, 0.15) is 0 Å². The zero-order valence-electron chi connectivity index (χ0n) is 12.9. The topological polar surface area (TPSA) is 86.3 Å². The van der Waals surface area contributed by atoms with E-state index in [-0.39, 0.29) is 11.3 Å². The second-order valence-electron chi connectivity index (χ2n) is 4.45. The van der Waals surface area contributed by atoms with Crippen LogP contribution < -0.4 is 15.5 Å². The minimum Gasteiger partial charge on any atom is -0.352 e. The Morgan fingerprint density at radius 1 is 1.14 bits per heavy atom. The maximum atomic E-state index is 11.3. The molecule has 0 saturated carbocycles. The van der Waals surface area contributed by atoms with Crippen molar-refractivity contribution >= 4 is 29.5 Å². The summed E-state index contributed by atoms with van der Waals surface area (Å²) in [6.45, 7) is 6.57. The number of hydrogen-bond donors (Lipinski definition) is 2. The maximum Gasteiger partial charge on any atom is 0.316 e. The molecule has 0 saturated heterocycles. The van der Waals surface area contributed by atoms with Crippen LogP contribution in [0.3, 0.4) is 0 Å². The van der Waals surface area contributed by atoms with Crippen LogP contribution in [0.2, 0.25) is 5.28 Å². The van der Waals surface area contributed by atoms with Gasteiger partial charge in [-0.05, 0) is 25.4 Å². The van der Waals surface area contributed by atoms with Crippen molar-refractivity contribution in [3.05, 3.63) is 5.28 Å². The normalized spacial score (nSPS) is 10.1. The van der Waals surface area contributed by atoms with Crippen LogP contribution in [-0.4, -0.2) is 66.2 Å². The highest BCUT2D eigenvalue weighted by Crippen LogP contribution is 2.13. The molecule has 0 aliphatic rings. The van der Waals surface area contributed by atoms with Crippen LogP contribution in [0.4, 0.5) is 16.7 Å². The van der Waals surface area contributed by atoms with Crippen LogP contribution in [0.15, 0.2) is 0 Å². The molecule has 1 rings (SSSR count). The first kappa shape index (κ1) is 17.2. The van der Waals surface area contributed by atoms with Crippen LogP contribution in [0.1, 0.15) is 13.8 Å². The van der Waals surface area contributed by atoms with E-state index in [4.69, 9.17) is 11.6 Å². The standard InChI is InChI=1S/C12H22ClN7O/c1-5-20(6-2)11-17-9(13)16-10(18-11)14-7-8-15-12(21)19(3)4/h5-8H2,1-4H3,(H,15,21)(H,14,16,17,18). The van der Waals surface area contributed by atoms with Crippen molar-refractivity contribution in [3.8, 4) is 0 Å². The molecule has 0 radical (unpaired) electrons. The first-order valence-electron chi connectivity index (χ1n) is 6.83. The Balaban J connectivity index is 2.57. The summed E-state index contributed by atoms with van der Waals surface area (Å²) in [5, 5.41) is 5.90. The van der Waals surface area contributed by atoms with Gasteiger partial charge in [-0.2, -0.15) is 15.0 Å². The molecular weight excluding hydrogens is 294 g/mol. The summed E-state index contributed by atoms with van der Waals surface area (Å²) in [4.78, 5) is 27.2. The number of carbonyl (C=O) groups excluding carboxylic acids is 1. The van der Waals surface area contributed by atoms with Gasteiger partial charge >= 0.3 is 6.03 Å². The number of aromatic nitrogens is 3. The Kier molecular flexibility index (Phi) is 6.93. The summed E-state index contributed by atoms with van der Waals surface area (Å²) in [5.74, 6) is 0.941. The van der Waals surface area contributed by atoms with E-state index in [1.54, 1.807) is 14.1 Å². The van der Waals surface area contributed by atoms with Gasteiger partial charge < -0.3 is 20.4 Å². The van der Waals surface area contributed by atoms with Crippen LogP contribution in [0.25, 0.3) is 0 Å². The SMILES string of the molecule is CCN(CC)c1nc(Cl)nc(NCCNC(=O)N(C)C)n1. The number of hydrogen-bond acceptors (Lipinski definition) is 6. The van der Waals surface area contributed by atoms with Crippen LogP contribution >= 0.6 is 11.6 Å². The van der Waals surface area contributed by atoms with Crippen molar-refractivity contribution in [2.75, 3.05) is 50.5 Å². The number of nitrogens with one attached hydrogen (secondary N) is 2. The molecule has 2 N–H and O–H groups in total. The lowest BCUT2D eigenvalue weighted by Crippen LogP contribution is -2.37. The minimum atomic E-state index is -0.144. The molecule has 8 nitrogen and oxygen atoms in total. The lowest BCUT2D eigenvalue weighted by Gasteiger charge is -2.19. The number of carbonyl (C=O) groups is 1. The zero-order valence-corrected chi connectivity index (χ0v) is 13.6. The molecule has 0 aliphatic carbocycles. The monoisotopic (exact) mass is 315 g/mol. The third kappa shape index (κ3) is 5.58. The van der Waals surface area contributed by atoms with Crippen molar-refractivity contribution in [1.29, 1.82) is 0 Å². The Morgan fingerprint density at radius 3 is 2.38 bits per heavy atom. The van der Waals surface area contributed by atoms with Gasteiger partial charge in [0.15, 0.2) is 0 Å². The van der Waals surface area contributed by atoms with Gasteiger partial charge in [-0.15, -0.1) is 0 Å². The van der Waals surface area contributed by atoms with Gasteiger partial charge in [-0.1, -0.05) is 0 Å². The molecule has 0 bridgehead atoms. The summed E-state index contributed by atoms with van der Waals surface area (Å²) in [6.07, 6.45) is 0. The van der Waals surface area contributed by atoms with Crippen LogP contribution in [-0.2, 0) is 0 Å². The molecule has 0 spiro atoms. The van der Waals surface area contributed by atoms with E-state index >= 15 is 0 Å². The third-order valence-electron chi connectivity index (χ3n) is 2.73. The van der Waals surface area contributed by atoms with E-state index in [1.165, 1.54) is 4.90 Å². The Morgan fingerprint density at radius 2 is 1.81 bits per heavy atom. The summed E-state index contributed by atoms with van der Waals surface area (Å²) >= 11 is 5.91. The molecule has 1 aromatic heterocycles. The summed E-state index contributed by atoms with van der Waals surface area (Å²) < 4.78 is 0. The molecule has 1 aromatic rings. The fraction of sp³-hybridized carbons (Fsp3) is 0.667. The van der Waals surface area contributed by atoms with Crippen molar-refractivity contribution in [3.63, 3.8) is 0 Å². The molecule has 118 valence electrons. The van der Waals surface area contributed by atoms with E-state index in [0.29, 0.717) is 25.0 Å². The molecule has 0 aromatic carbocycles. The van der Waals surface area contributed by atoms with E-state index in [1.807, 2.05) is 18.7 Å². The van der Waals surface area contributed by atoms with E-state index in [2.05, 4.69) is 25.6 Å². The van der Waals surface area contributed by atoms with Crippen LogP contribution in [0, 0.1) is 0 Å². The second kappa shape index (κ2) is 8.46. The van der Waals surface area contributed by atoms with Gasteiger partial charge in [0.25, 0.3) is 0 Å². The van der Waals surface area contributed by atoms with Gasteiger partial charge in [0, 0.05) is 40.3 Å². The van der Waals surface area contributed by atoms with Gasteiger partial charge in [0.2, 0.25) is 17.2 Å². The number of halogens is 1. The van der Waals surface area contributed by atoms with E-state index in [0.717, 1.165) is 13.1 Å². The molecule has 21 heavy (non-hydrogen) atoms. The molecule has 0 unspecified atom stereocenters. The zero-order chi connectivity index (χ0) is 15.8. The first-order valence-corrected chi connectivity index (χ1v) is 7.21. The average Bonchev–Trinajstić information content (AvgIpc) is 2.44. The molecule has 0 fully saturated rings. The fourth-order valence-corrected chi connectivity index (χ4v) is 1.72. The molecule has 9 heteroatoms. The molecule has 2 amide bonds. The number of amides is 2. The highest BCUT2D eigenvalue weighted by molar-refractivity contribution is 6.28. The van der Waals surface area contributed by atoms with Crippen molar-refractivity contribution in [2.24, 2.45) is 0 Å². The Bertz CT molecular complexity index is 465. The average molecular weight is 316 g/mol. The number of rotatable bonds is 7. The Hall–Kier alpha value is -1.83. The predicted molar refractivity (Wildman–Crippen MR) is 84.0 cm³/mol. The lowest BCUT2D eigenvalue weighted by atomic mass is 10.5. The summed E-state index contributed by atoms with van der Waals surface area (Å²) in [7, 11) is 3.37. The smallest absolute Gasteiger partial charge is 0.316 e. The quantitative estimate of drug-likeness (QED) is 0.732. The number of nitrogens with zero attached hydrogens (tertiary/aromatic N) is 5. The molecular formula is C12H22ClN7O. The molecule has 1 heterocycles. The summed E-state index contributed by atoms with van der Waals surface area (Å²) in [5.41, 5.74) is 0. The van der Waals surface area contributed by atoms with Crippen LogP contribution in [0.5, 0.6) is 0 Å². The Labute approximate surface area is 129 Å². The van der Waals surface area contributed by atoms with E-state index < -0.39 is 0 Å². The first-order chi connectivity index (χ1) is 9.97. The van der Waals surface area contributed by atoms with Crippen molar-refractivity contribution in [2.45, 2.75) is 13.8 Å². The maximum absolute atomic E-state index is 11.3. The van der Waals surface area contributed by atoms with E-state index in [9.17, 15) is 4.79 Å². The number of anilines is 2. The number of urea groups is 1. The van der Waals surface area contributed by atoms with Gasteiger partial charge in [-0.25, -0.2) is 4.79 Å². The third-order valence-corrected chi connectivity index (χ3v) is 2.90. The highest BCUT2D eigenvalue weighted by atomic mass is 35.5. The highest BCUT2D eigenvalue weighted by Gasteiger charge is 2.10. The van der Waals surface area contributed by atoms with Crippen molar-refractivity contribution in [1.82, 2.24) is 25.2 Å². The minimum absolute atomic E-state index is 0.144.